The summed E-state index contributed by atoms with van der Waals surface area (Å²) in [5, 5.41) is 12.7. The summed E-state index contributed by atoms with van der Waals surface area (Å²) in [5.41, 5.74) is 5.53. The van der Waals surface area contributed by atoms with Crippen molar-refractivity contribution < 1.29 is 5.11 Å². The highest BCUT2D eigenvalue weighted by molar-refractivity contribution is 7.99. The van der Waals surface area contributed by atoms with Crippen molar-refractivity contribution in [3.05, 3.63) is 12.4 Å². The topological polar surface area (TPSA) is 64.1 Å². The van der Waals surface area contributed by atoms with Gasteiger partial charge in [-0.2, -0.15) is 5.10 Å². The van der Waals surface area contributed by atoms with Crippen molar-refractivity contribution in [1.29, 1.82) is 0 Å². The van der Waals surface area contributed by atoms with Crippen LogP contribution in [0.15, 0.2) is 17.3 Å². The van der Waals surface area contributed by atoms with E-state index in [0.29, 0.717) is 0 Å². The average Bonchev–Trinajstić information content (AvgIpc) is 2.47. The number of aryl methyl sites for hydroxylation is 1. The van der Waals surface area contributed by atoms with Crippen molar-refractivity contribution in [3.8, 4) is 0 Å². The van der Waals surface area contributed by atoms with Gasteiger partial charge in [-0.15, -0.1) is 11.8 Å². The highest BCUT2D eigenvalue weighted by Crippen LogP contribution is 2.16. The maximum atomic E-state index is 8.66. The fourth-order valence-electron chi connectivity index (χ4n) is 0.729. The summed E-state index contributed by atoms with van der Waals surface area (Å²) in [6, 6.07) is -0.143. The van der Waals surface area contributed by atoms with E-state index in [2.05, 4.69) is 5.10 Å². The molecule has 1 rings (SSSR count). The Bertz CT molecular complexity index is 238. The van der Waals surface area contributed by atoms with E-state index < -0.39 is 0 Å². The summed E-state index contributed by atoms with van der Waals surface area (Å²) < 4.78 is 1.74. The monoisotopic (exact) mass is 187 g/mol. The summed E-state index contributed by atoms with van der Waals surface area (Å²) in [4.78, 5) is 1.08. The van der Waals surface area contributed by atoms with Crippen LogP contribution in [0.2, 0.25) is 0 Å². The quantitative estimate of drug-likeness (QED) is 0.642. The van der Waals surface area contributed by atoms with Crippen LogP contribution < -0.4 is 5.73 Å². The van der Waals surface area contributed by atoms with Crippen LogP contribution in [0, 0.1) is 0 Å². The SMILES string of the molecule is Cn1cc(SCC(N)CO)cn1. The molecule has 0 aliphatic heterocycles. The molecule has 0 saturated heterocycles. The molecule has 0 radical (unpaired) electrons. The Balaban J connectivity index is 2.33. The third-order valence-corrected chi connectivity index (χ3v) is 2.52. The maximum absolute atomic E-state index is 8.66. The van der Waals surface area contributed by atoms with Gasteiger partial charge in [0.15, 0.2) is 0 Å². The molecule has 0 amide bonds. The van der Waals surface area contributed by atoms with Crippen LogP contribution in [0.3, 0.4) is 0 Å². The van der Waals surface area contributed by atoms with Gasteiger partial charge in [0, 0.05) is 29.9 Å². The Kier molecular flexibility index (Phi) is 3.58. The molecular formula is C7H13N3OS. The Morgan fingerprint density at radius 3 is 3.08 bits per heavy atom. The molecule has 1 unspecified atom stereocenters. The van der Waals surface area contributed by atoms with E-state index in [1.165, 1.54) is 0 Å². The lowest BCUT2D eigenvalue weighted by molar-refractivity contribution is 0.275. The second-order valence-corrected chi connectivity index (χ2v) is 3.70. The van der Waals surface area contributed by atoms with Gasteiger partial charge in [-0.3, -0.25) is 4.68 Å². The highest BCUT2D eigenvalue weighted by atomic mass is 32.2. The van der Waals surface area contributed by atoms with Gasteiger partial charge in [0.05, 0.1) is 12.8 Å². The fraction of sp³-hybridized carbons (Fsp3) is 0.571. The van der Waals surface area contributed by atoms with E-state index in [4.69, 9.17) is 10.8 Å². The highest BCUT2D eigenvalue weighted by Gasteiger charge is 2.02. The molecule has 1 aromatic heterocycles. The molecule has 0 spiro atoms. The summed E-state index contributed by atoms with van der Waals surface area (Å²) in [6.07, 6.45) is 3.71. The van der Waals surface area contributed by atoms with Gasteiger partial charge >= 0.3 is 0 Å². The van der Waals surface area contributed by atoms with Crippen molar-refractivity contribution in [2.24, 2.45) is 12.8 Å². The number of rotatable bonds is 4. The van der Waals surface area contributed by atoms with Crippen LogP contribution >= 0.6 is 11.8 Å². The molecule has 3 N–H and O–H groups in total. The zero-order valence-corrected chi connectivity index (χ0v) is 7.79. The molecular weight excluding hydrogens is 174 g/mol. The second kappa shape index (κ2) is 4.49. The number of hydrogen-bond donors (Lipinski definition) is 2. The fourth-order valence-corrected chi connectivity index (χ4v) is 1.59. The molecule has 1 aromatic rings. The predicted molar refractivity (Wildman–Crippen MR) is 49.0 cm³/mol. The lowest BCUT2D eigenvalue weighted by Gasteiger charge is -2.04. The Labute approximate surface area is 75.8 Å². The van der Waals surface area contributed by atoms with Crippen molar-refractivity contribution in [3.63, 3.8) is 0 Å². The molecule has 1 atom stereocenters. The lowest BCUT2D eigenvalue weighted by Crippen LogP contribution is -2.26. The van der Waals surface area contributed by atoms with Gasteiger partial charge in [-0.1, -0.05) is 0 Å². The largest absolute Gasteiger partial charge is 0.395 e. The standard InChI is InChI=1S/C7H13N3OS/c1-10-3-7(2-9-10)12-5-6(8)4-11/h2-3,6,11H,4-5,8H2,1H3. The first-order valence-corrected chi connectivity index (χ1v) is 4.69. The Morgan fingerprint density at radius 2 is 2.58 bits per heavy atom. The van der Waals surface area contributed by atoms with E-state index in [1.54, 1.807) is 22.6 Å². The molecule has 0 fully saturated rings. The summed E-state index contributed by atoms with van der Waals surface area (Å²) in [5.74, 6) is 0.724. The molecule has 0 aliphatic rings. The van der Waals surface area contributed by atoms with Gasteiger partial charge < -0.3 is 10.8 Å². The van der Waals surface area contributed by atoms with E-state index in [-0.39, 0.29) is 12.6 Å². The van der Waals surface area contributed by atoms with E-state index in [9.17, 15) is 0 Å². The summed E-state index contributed by atoms with van der Waals surface area (Å²) in [7, 11) is 1.87. The molecule has 5 heteroatoms. The Hall–Kier alpha value is -0.520. The zero-order valence-electron chi connectivity index (χ0n) is 6.97. The van der Waals surface area contributed by atoms with E-state index in [1.807, 2.05) is 13.2 Å². The molecule has 0 aromatic carbocycles. The molecule has 1 heterocycles. The minimum Gasteiger partial charge on any atom is -0.395 e. The normalized spacial score (nSPS) is 13.2. The molecule has 12 heavy (non-hydrogen) atoms. The Morgan fingerprint density at radius 1 is 1.83 bits per heavy atom. The number of aromatic nitrogens is 2. The van der Waals surface area contributed by atoms with Crippen LogP contribution in [0.5, 0.6) is 0 Å². The van der Waals surface area contributed by atoms with Gasteiger partial charge in [0.1, 0.15) is 0 Å². The first-order valence-electron chi connectivity index (χ1n) is 3.70. The first-order chi connectivity index (χ1) is 5.72. The molecule has 4 nitrogen and oxygen atoms in total. The number of nitrogens with zero attached hydrogens (tertiary/aromatic N) is 2. The number of hydrogen-bond acceptors (Lipinski definition) is 4. The minimum atomic E-state index is -0.143. The second-order valence-electron chi connectivity index (χ2n) is 2.60. The number of thioether (sulfide) groups is 1. The number of aliphatic hydroxyl groups is 1. The predicted octanol–water partition coefficient (Wildman–Crippen LogP) is -0.168. The van der Waals surface area contributed by atoms with Gasteiger partial charge in [0.2, 0.25) is 0 Å². The van der Waals surface area contributed by atoms with Gasteiger partial charge in [-0.05, 0) is 0 Å². The summed E-state index contributed by atoms with van der Waals surface area (Å²) in [6.45, 7) is 0.0350. The first kappa shape index (κ1) is 9.57. The number of nitrogens with two attached hydrogens (primary N) is 1. The third kappa shape index (κ3) is 2.84. The minimum absolute atomic E-state index is 0.0350. The van der Waals surface area contributed by atoms with Crippen molar-refractivity contribution in [1.82, 2.24) is 9.78 Å². The van der Waals surface area contributed by atoms with E-state index in [0.717, 1.165) is 10.6 Å². The zero-order chi connectivity index (χ0) is 8.97. The van der Waals surface area contributed by atoms with Crippen LogP contribution in [0.25, 0.3) is 0 Å². The summed E-state index contributed by atoms with van der Waals surface area (Å²) >= 11 is 1.61. The lowest BCUT2D eigenvalue weighted by atomic mass is 10.4. The smallest absolute Gasteiger partial charge is 0.0625 e. The molecule has 0 bridgehead atoms. The number of aliphatic hydroxyl groups excluding tert-OH is 1. The van der Waals surface area contributed by atoms with Crippen LogP contribution in [0.1, 0.15) is 0 Å². The maximum Gasteiger partial charge on any atom is 0.0625 e. The molecule has 0 saturated carbocycles. The van der Waals surface area contributed by atoms with Crippen molar-refractivity contribution >= 4 is 11.8 Å². The molecule has 0 aliphatic carbocycles. The molecule has 68 valence electrons. The average molecular weight is 187 g/mol. The van der Waals surface area contributed by atoms with Crippen LogP contribution in [-0.4, -0.2) is 33.3 Å². The third-order valence-electron chi connectivity index (χ3n) is 1.38. The van der Waals surface area contributed by atoms with Crippen LogP contribution in [0.4, 0.5) is 0 Å². The van der Waals surface area contributed by atoms with Gasteiger partial charge in [-0.25, -0.2) is 0 Å². The van der Waals surface area contributed by atoms with Crippen molar-refractivity contribution in [2.75, 3.05) is 12.4 Å². The van der Waals surface area contributed by atoms with Crippen LogP contribution in [-0.2, 0) is 7.05 Å². The van der Waals surface area contributed by atoms with E-state index >= 15 is 0 Å². The van der Waals surface area contributed by atoms with Crippen molar-refractivity contribution in [2.45, 2.75) is 10.9 Å². The van der Waals surface area contributed by atoms with Gasteiger partial charge in [0.25, 0.3) is 0 Å².